The number of nitrogens with zero attached hydrogens (tertiary/aromatic N) is 5. The summed E-state index contributed by atoms with van der Waals surface area (Å²) in [6.45, 7) is 5.27. The van der Waals surface area contributed by atoms with Crippen molar-refractivity contribution in [2.24, 2.45) is 0 Å². The van der Waals surface area contributed by atoms with Gasteiger partial charge in [-0.15, -0.1) is 0 Å². The highest BCUT2D eigenvalue weighted by Gasteiger charge is 2.22. The number of benzene rings is 1. The molecule has 136 valence electrons. The number of hydrogen-bond donors (Lipinski definition) is 0. The number of aromatic nitrogens is 4. The topological polar surface area (TPSA) is 81.0 Å². The maximum atomic E-state index is 11.6. The van der Waals surface area contributed by atoms with Gasteiger partial charge in [0.1, 0.15) is 5.82 Å². The summed E-state index contributed by atoms with van der Waals surface area (Å²) in [5, 5.41) is -0.0857. The lowest BCUT2D eigenvalue weighted by Crippen LogP contribution is -2.32. The second-order valence-electron chi connectivity index (χ2n) is 6.62. The predicted octanol–water partition coefficient (Wildman–Crippen LogP) is 1.81. The fraction of sp³-hybridized carbons (Fsp3) is 0.389. The monoisotopic (exact) mass is 371 g/mol. The maximum Gasteiger partial charge on any atom is 0.246 e. The van der Waals surface area contributed by atoms with Crippen LogP contribution in [0.15, 0.2) is 35.6 Å². The zero-order chi connectivity index (χ0) is 18.3. The SMILES string of the molecule is CCn1c(CN2CCc3nc(S(C)(=O)=O)ncc3C2)nc2ccccc21. The Kier molecular flexibility index (Phi) is 4.24. The molecule has 3 aromatic rings. The number of fused-ring (bicyclic) bond motifs is 2. The Morgan fingerprint density at radius 2 is 2.00 bits per heavy atom. The summed E-state index contributed by atoms with van der Waals surface area (Å²) in [4.78, 5) is 15.4. The van der Waals surface area contributed by atoms with Crippen LogP contribution in [0, 0.1) is 0 Å². The molecule has 0 atom stereocenters. The number of para-hydroxylation sites is 2. The van der Waals surface area contributed by atoms with Crippen molar-refractivity contribution in [3.8, 4) is 0 Å². The zero-order valence-electron chi connectivity index (χ0n) is 14.9. The molecule has 7 nitrogen and oxygen atoms in total. The molecule has 4 rings (SSSR count). The summed E-state index contributed by atoms with van der Waals surface area (Å²) in [6.07, 6.45) is 3.50. The minimum atomic E-state index is -3.37. The van der Waals surface area contributed by atoms with Gasteiger partial charge >= 0.3 is 0 Å². The van der Waals surface area contributed by atoms with Gasteiger partial charge in [-0.05, 0) is 19.1 Å². The molecule has 3 heterocycles. The minimum absolute atomic E-state index is 0.0857. The lowest BCUT2D eigenvalue weighted by Gasteiger charge is -2.27. The normalized spacial score (nSPS) is 15.3. The van der Waals surface area contributed by atoms with Crippen molar-refractivity contribution in [3.05, 3.63) is 47.5 Å². The van der Waals surface area contributed by atoms with Crippen LogP contribution < -0.4 is 0 Å². The third-order valence-corrected chi connectivity index (χ3v) is 5.60. The van der Waals surface area contributed by atoms with Crippen LogP contribution in [0.5, 0.6) is 0 Å². The number of hydrogen-bond acceptors (Lipinski definition) is 6. The van der Waals surface area contributed by atoms with Gasteiger partial charge < -0.3 is 4.57 Å². The van der Waals surface area contributed by atoms with Crippen molar-refractivity contribution in [2.45, 2.75) is 38.1 Å². The molecular weight excluding hydrogens is 350 g/mol. The summed E-state index contributed by atoms with van der Waals surface area (Å²) in [7, 11) is -3.37. The van der Waals surface area contributed by atoms with Gasteiger partial charge in [-0.3, -0.25) is 4.90 Å². The van der Waals surface area contributed by atoms with Crippen molar-refractivity contribution in [3.63, 3.8) is 0 Å². The quantitative estimate of drug-likeness (QED) is 0.651. The molecule has 0 aliphatic carbocycles. The number of imidazole rings is 1. The largest absolute Gasteiger partial charge is 0.327 e. The average molecular weight is 371 g/mol. The molecule has 2 aromatic heterocycles. The molecule has 1 aromatic carbocycles. The van der Waals surface area contributed by atoms with E-state index in [0.29, 0.717) is 13.0 Å². The van der Waals surface area contributed by atoms with Crippen molar-refractivity contribution in [2.75, 3.05) is 12.8 Å². The third kappa shape index (κ3) is 3.10. The van der Waals surface area contributed by atoms with E-state index in [1.165, 1.54) is 0 Å². The summed E-state index contributed by atoms with van der Waals surface area (Å²) in [5.74, 6) is 1.05. The van der Waals surface area contributed by atoms with Crippen LogP contribution in [0.2, 0.25) is 0 Å². The van der Waals surface area contributed by atoms with Gasteiger partial charge in [-0.1, -0.05) is 12.1 Å². The van der Waals surface area contributed by atoms with Gasteiger partial charge in [0.15, 0.2) is 0 Å². The first kappa shape index (κ1) is 17.1. The first-order valence-electron chi connectivity index (χ1n) is 8.67. The molecule has 1 aliphatic heterocycles. The Balaban J connectivity index is 1.59. The van der Waals surface area contributed by atoms with Gasteiger partial charge in [0.2, 0.25) is 15.0 Å². The Morgan fingerprint density at radius 1 is 1.19 bits per heavy atom. The van der Waals surface area contributed by atoms with Gasteiger partial charge in [0.25, 0.3) is 0 Å². The van der Waals surface area contributed by atoms with Crippen LogP contribution in [-0.2, 0) is 35.9 Å². The fourth-order valence-corrected chi connectivity index (χ4v) is 3.99. The van der Waals surface area contributed by atoms with Gasteiger partial charge in [-0.25, -0.2) is 23.4 Å². The Hall–Kier alpha value is -2.32. The van der Waals surface area contributed by atoms with Crippen LogP contribution in [0.4, 0.5) is 0 Å². The van der Waals surface area contributed by atoms with E-state index >= 15 is 0 Å². The molecule has 0 amide bonds. The summed E-state index contributed by atoms with van der Waals surface area (Å²) < 4.78 is 25.5. The number of aryl methyl sites for hydroxylation is 1. The summed E-state index contributed by atoms with van der Waals surface area (Å²) in [6, 6.07) is 8.18. The van der Waals surface area contributed by atoms with E-state index < -0.39 is 9.84 Å². The molecule has 0 saturated carbocycles. The summed E-state index contributed by atoms with van der Waals surface area (Å²) >= 11 is 0. The van der Waals surface area contributed by atoms with E-state index in [1.807, 2.05) is 18.2 Å². The molecule has 0 bridgehead atoms. The molecule has 0 saturated heterocycles. The smallest absolute Gasteiger partial charge is 0.246 e. The number of rotatable bonds is 4. The van der Waals surface area contributed by atoms with Crippen LogP contribution in [-0.4, -0.2) is 45.6 Å². The van der Waals surface area contributed by atoms with E-state index in [0.717, 1.165) is 54.0 Å². The van der Waals surface area contributed by atoms with Crippen molar-refractivity contribution in [1.82, 2.24) is 24.4 Å². The zero-order valence-corrected chi connectivity index (χ0v) is 15.7. The first-order chi connectivity index (χ1) is 12.5. The Bertz CT molecular complexity index is 1070. The second kappa shape index (κ2) is 6.44. The van der Waals surface area contributed by atoms with Gasteiger partial charge in [-0.2, -0.15) is 0 Å². The molecular formula is C18H21N5O2S. The van der Waals surface area contributed by atoms with E-state index in [1.54, 1.807) is 6.20 Å². The molecule has 1 aliphatic rings. The van der Waals surface area contributed by atoms with Crippen molar-refractivity contribution < 1.29 is 8.42 Å². The molecule has 26 heavy (non-hydrogen) atoms. The lowest BCUT2D eigenvalue weighted by atomic mass is 10.1. The Morgan fingerprint density at radius 3 is 2.77 bits per heavy atom. The Labute approximate surface area is 152 Å². The standard InChI is InChI=1S/C18H21N5O2S/c1-3-23-16-7-5-4-6-15(16)20-17(23)12-22-9-8-14-13(11-22)10-19-18(21-14)26(2,24)25/h4-7,10H,3,8-9,11-12H2,1-2H3. The highest BCUT2D eigenvalue weighted by molar-refractivity contribution is 7.90. The molecule has 8 heteroatoms. The highest BCUT2D eigenvalue weighted by Crippen LogP contribution is 2.22. The second-order valence-corrected chi connectivity index (χ2v) is 8.53. The van der Waals surface area contributed by atoms with E-state index in [2.05, 4.69) is 32.4 Å². The van der Waals surface area contributed by atoms with Gasteiger partial charge in [0.05, 0.1) is 23.3 Å². The molecule has 0 radical (unpaired) electrons. The average Bonchev–Trinajstić information content (AvgIpc) is 2.97. The molecule has 0 unspecified atom stereocenters. The van der Waals surface area contributed by atoms with Gasteiger partial charge in [0, 0.05) is 44.1 Å². The van der Waals surface area contributed by atoms with Crippen LogP contribution in [0.3, 0.4) is 0 Å². The molecule has 0 spiro atoms. The van der Waals surface area contributed by atoms with Crippen molar-refractivity contribution in [1.29, 1.82) is 0 Å². The predicted molar refractivity (Wildman–Crippen MR) is 98.4 cm³/mol. The number of sulfone groups is 1. The van der Waals surface area contributed by atoms with Crippen LogP contribution in [0.1, 0.15) is 24.0 Å². The van der Waals surface area contributed by atoms with Crippen LogP contribution in [0.25, 0.3) is 11.0 Å². The summed E-state index contributed by atoms with van der Waals surface area (Å²) in [5.41, 5.74) is 4.00. The molecule has 0 fully saturated rings. The highest BCUT2D eigenvalue weighted by atomic mass is 32.2. The van der Waals surface area contributed by atoms with E-state index in [-0.39, 0.29) is 5.16 Å². The van der Waals surface area contributed by atoms with E-state index in [4.69, 9.17) is 4.98 Å². The fourth-order valence-electron chi connectivity index (χ4n) is 3.47. The third-order valence-electron chi connectivity index (χ3n) is 4.74. The first-order valence-corrected chi connectivity index (χ1v) is 10.6. The van der Waals surface area contributed by atoms with Crippen LogP contribution >= 0.6 is 0 Å². The maximum absolute atomic E-state index is 11.6. The minimum Gasteiger partial charge on any atom is -0.327 e. The molecule has 0 N–H and O–H groups in total. The van der Waals surface area contributed by atoms with E-state index in [9.17, 15) is 8.42 Å². The lowest BCUT2D eigenvalue weighted by molar-refractivity contribution is 0.233. The van der Waals surface area contributed by atoms with Crippen molar-refractivity contribution >= 4 is 20.9 Å².